The fourth-order valence-electron chi connectivity index (χ4n) is 2.37. The number of aliphatic imine (C=N–C) groups is 1. The van der Waals surface area contributed by atoms with Gasteiger partial charge in [0.2, 0.25) is 0 Å². The molecule has 1 atom stereocenters. The zero-order chi connectivity index (χ0) is 18.2. The lowest BCUT2D eigenvalue weighted by molar-refractivity contribution is 0.158. The van der Waals surface area contributed by atoms with Gasteiger partial charge in [0.1, 0.15) is 11.9 Å². The Balaban J connectivity index is 0.00000338. The number of furan rings is 1. The van der Waals surface area contributed by atoms with Crippen molar-refractivity contribution in [1.82, 2.24) is 10.2 Å². The SMILES string of the molecule is CCNC(=NCC(O)c1ccco1)N(C)Cc1ccc(OC)c(F)c1.I. The Morgan fingerprint density at radius 3 is 2.77 bits per heavy atom. The first-order valence-corrected chi connectivity index (χ1v) is 8.08. The molecular weight excluding hydrogens is 452 g/mol. The highest BCUT2D eigenvalue weighted by molar-refractivity contribution is 14.0. The van der Waals surface area contributed by atoms with Crippen LogP contribution >= 0.6 is 24.0 Å². The summed E-state index contributed by atoms with van der Waals surface area (Å²) < 4.78 is 23.9. The van der Waals surface area contributed by atoms with Gasteiger partial charge in [0, 0.05) is 20.1 Å². The van der Waals surface area contributed by atoms with Crippen molar-refractivity contribution in [2.24, 2.45) is 4.99 Å². The summed E-state index contributed by atoms with van der Waals surface area (Å²) >= 11 is 0. The van der Waals surface area contributed by atoms with E-state index in [1.807, 2.05) is 18.9 Å². The number of nitrogens with zero attached hydrogens (tertiary/aromatic N) is 2. The summed E-state index contributed by atoms with van der Waals surface area (Å²) in [7, 11) is 3.29. The number of ether oxygens (including phenoxy) is 1. The van der Waals surface area contributed by atoms with Gasteiger partial charge < -0.3 is 24.5 Å². The van der Waals surface area contributed by atoms with Crippen LogP contribution in [0.5, 0.6) is 5.75 Å². The summed E-state index contributed by atoms with van der Waals surface area (Å²) in [5, 5.41) is 13.2. The zero-order valence-corrected chi connectivity index (χ0v) is 17.4. The molecule has 1 aromatic carbocycles. The number of halogens is 2. The predicted octanol–water partition coefficient (Wildman–Crippen LogP) is 3.18. The van der Waals surface area contributed by atoms with Crippen molar-refractivity contribution in [2.75, 3.05) is 27.2 Å². The standard InChI is InChI=1S/C18H24FN3O3.HI/c1-4-20-18(21-11-15(23)17-6-5-9-25-17)22(2)12-13-7-8-16(24-3)14(19)10-13;/h5-10,15,23H,4,11-12H2,1-3H3,(H,20,21);1H. The third-order valence-electron chi connectivity index (χ3n) is 3.62. The Hall–Kier alpha value is -1.81. The molecule has 2 rings (SSSR count). The highest BCUT2D eigenvalue weighted by Crippen LogP contribution is 2.18. The number of hydrogen-bond donors (Lipinski definition) is 2. The molecule has 0 radical (unpaired) electrons. The summed E-state index contributed by atoms with van der Waals surface area (Å²) in [6.45, 7) is 3.26. The van der Waals surface area contributed by atoms with Crippen molar-refractivity contribution in [3.63, 3.8) is 0 Å². The lowest BCUT2D eigenvalue weighted by atomic mass is 10.2. The van der Waals surface area contributed by atoms with Crippen LogP contribution in [0.1, 0.15) is 24.4 Å². The van der Waals surface area contributed by atoms with E-state index >= 15 is 0 Å². The van der Waals surface area contributed by atoms with Crippen LogP contribution in [0, 0.1) is 5.82 Å². The van der Waals surface area contributed by atoms with Crippen LogP contribution in [-0.2, 0) is 6.54 Å². The molecule has 8 heteroatoms. The molecule has 6 nitrogen and oxygen atoms in total. The summed E-state index contributed by atoms with van der Waals surface area (Å²) in [5.74, 6) is 0.904. The number of rotatable bonds is 7. The Kier molecular flexibility index (Phi) is 9.42. The molecule has 1 aromatic heterocycles. The Morgan fingerprint density at radius 1 is 1.42 bits per heavy atom. The largest absolute Gasteiger partial charge is 0.494 e. The fraction of sp³-hybridized carbons (Fsp3) is 0.389. The minimum Gasteiger partial charge on any atom is -0.494 e. The van der Waals surface area contributed by atoms with E-state index in [9.17, 15) is 9.50 Å². The Morgan fingerprint density at radius 2 is 2.19 bits per heavy atom. The molecule has 0 saturated heterocycles. The van der Waals surface area contributed by atoms with Crippen LogP contribution < -0.4 is 10.1 Å². The second-order valence-electron chi connectivity index (χ2n) is 5.55. The molecule has 0 aliphatic rings. The van der Waals surface area contributed by atoms with Crippen molar-refractivity contribution in [3.05, 3.63) is 53.7 Å². The van der Waals surface area contributed by atoms with Gasteiger partial charge in [0.05, 0.1) is 19.9 Å². The van der Waals surface area contributed by atoms with Crippen molar-refractivity contribution >= 4 is 29.9 Å². The monoisotopic (exact) mass is 477 g/mol. The highest BCUT2D eigenvalue weighted by atomic mass is 127. The molecular formula is C18H25FIN3O3. The quantitative estimate of drug-likeness (QED) is 0.364. The number of benzene rings is 1. The van der Waals surface area contributed by atoms with Gasteiger partial charge in [-0.1, -0.05) is 6.07 Å². The third kappa shape index (κ3) is 6.17. The number of aliphatic hydroxyl groups is 1. The van der Waals surface area contributed by atoms with Gasteiger partial charge in [0.15, 0.2) is 17.5 Å². The van der Waals surface area contributed by atoms with Crippen molar-refractivity contribution in [3.8, 4) is 5.75 Å². The normalized spacial score (nSPS) is 12.3. The second kappa shape index (κ2) is 11.0. The van der Waals surface area contributed by atoms with Crippen molar-refractivity contribution in [2.45, 2.75) is 19.6 Å². The molecule has 144 valence electrons. The highest BCUT2D eigenvalue weighted by Gasteiger charge is 2.13. The van der Waals surface area contributed by atoms with Crippen LogP contribution in [0.3, 0.4) is 0 Å². The maximum absolute atomic E-state index is 13.8. The number of nitrogens with one attached hydrogen (secondary N) is 1. The minimum atomic E-state index is -0.810. The van der Waals surface area contributed by atoms with Crippen LogP contribution in [0.4, 0.5) is 4.39 Å². The summed E-state index contributed by atoms with van der Waals surface area (Å²) in [6.07, 6.45) is 0.702. The molecule has 0 bridgehead atoms. The molecule has 26 heavy (non-hydrogen) atoms. The smallest absolute Gasteiger partial charge is 0.194 e. The van der Waals surface area contributed by atoms with Crippen LogP contribution in [0.15, 0.2) is 46.0 Å². The third-order valence-corrected chi connectivity index (χ3v) is 3.62. The first-order chi connectivity index (χ1) is 12.0. The van der Waals surface area contributed by atoms with Crippen LogP contribution in [-0.4, -0.2) is 43.2 Å². The first-order valence-electron chi connectivity index (χ1n) is 8.08. The van der Waals surface area contributed by atoms with E-state index in [4.69, 9.17) is 9.15 Å². The van der Waals surface area contributed by atoms with Crippen LogP contribution in [0.25, 0.3) is 0 Å². The number of hydrogen-bond acceptors (Lipinski definition) is 4. The zero-order valence-electron chi connectivity index (χ0n) is 15.1. The average molecular weight is 477 g/mol. The number of guanidine groups is 1. The second-order valence-corrected chi connectivity index (χ2v) is 5.55. The van der Waals surface area contributed by atoms with E-state index in [1.165, 1.54) is 19.4 Å². The molecule has 2 N–H and O–H groups in total. The van der Waals surface area contributed by atoms with E-state index in [0.29, 0.717) is 24.8 Å². The van der Waals surface area contributed by atoms with E-state index < -0.39 is 11.9 Å². The van der Waals surface area contributed by atoms with Crippen molar-refractivity contribution < 1.29 is 18.7 Å². The topological polar surface area (TPSA) is 70.2 Å². The minimum absolute atomic E-state index is 0. The predicted molar refractivity (Wildman–Crippen MR) is 109 cm³/mol. The van der Waals surface area contributed by atoms with Gasteiger partial charge in [-0.05, 0) is 36.8 Å². The lowest BCUT2D eigenvalue weighted by Crippen LogP contribution is -2.38. The van der Waals surface area contributed by atoms with E-state index in [1.54, 1.807) is 24.3 Å². The summed E-state index contributed by atoms with van der Waals surface area (Å²) in [4.78, 5) is 6.29. The average Bonchev–Trinajstić information content (AvgIpc) is 3.13. The van der Waals surface area contributed by atoms with Crippen molar-refractivity contribution in [1.29, 1.82) is 0 Å². The molecule has 2 aromatic rings. The molecule has 0 saturated carbocycles. The number of methoxy groups -OCH3 is 1. The van der Waals surface area contributed by atoms with E-state index in [0.717, 1.165) is 5.56 Å². The molecule has 1 heterocycles. The maximum Gasteiger partial charge on any atom is 0.194 e. The van der Waals surface area contributed by atoms with Gasteiger partial charge in [-0.15, -0.1) is 24.0 Å². The molecule has 0 amide bonds. The molecule has 0 spiro atoms. The fourth-order valence-corrected chi connectivity index (χ4v) is 2.37. The Bertz CT molecular complexity index is 695. The Labute approximate surface area is 170 Å². The van der Waals surface area contributed by atoms with Gasteiger partial charge >= 0.3 is 0 Å². The van der Waals surface area contributed by atoms with Gasteiger partial charge in [-0.2, -0.15) is 0 Å². The van der Waals surface area contributed by atoms with Crippen LogP contribution in [0.2, 0.25) is 0 Å². The van der Waals surface area contributed by atoms with Gasteiger partial charge in [0.25, 0.3) is 0 Å². The maximum atomic E-state index is 13.8. The van der Waals surface area contributed by atoms with E-state index in [-0.39, 0.29) is 36.3 Å². The first kappa shape index (κ1) is 22.2. The van der Waals surface area contributed by atoms with E-state index in [2.05, 4.69) is 10.3 Å². The molecule has 0 aliphatic heterocycles. The van der Waals surface area contributed by atoms with Gasteiger partial charge in [-0.25, -0.2) is 9.38 Å². The molecule has 0 aliphatic carbocycles. The molecule has 1 unspecified atom stereocenters. The number of aliphatic hydroxyl groups excluding tert-OH is 1. The lowest BCUT2D eigenvalue weighted by Gasteiger charge is -2.22. The molecule has 0 fully saturated rings. The van der Waals surface area contributed by atoms with Gasteiger partial charge in [-0.3, -0.25) is 0 Å². The summed E-state index contributed by atoms with van der Waals surface area (Å²) in [5.41, 5.74) is 0.790. The summed E-state index contributed by atoms with van der Waals surface area (Å²) in [6, 6.07) is 8.27.